The SMILES string of the molecule is C=C(CCC(C)C1CCC2C3=C(CCC21C)C1(C)CCC(OC(C)=O)C(C)C1CC3)C(C)C. The lowest BCUT2D eigenvalue weighted by molar-refractivity contribution is -0.155. The zero-order chi connectivity index (χ0) is 24.1. The van der Waals surface area contributed by atoms with Crippen LogP contribution in [0.4, 0.5) is 0 Å². The molecule has 186 valence electrons. The summed E-state index contributed by atoms with van der Waals surface area (Å²) in [6.45, 7) is 20.6. The number of hydrogen-bond donors (Lipinski definition) is 0. The minimum atomic E-state index is -0.109. The molecule has 4 rings (SSSR count). The Morgan fingerprint density at radius 1 is 1.09 bits per heavy atom. The van der Waals surface area contributed by atoms with Crippen molar-refractivity contribution in [3.8, 4) is 0 Å². The molecule has 8 unspecified atom stereocenters. The Bertz CT molecular complexity index is 806. The van der Waals surface area contributed by atoms with Crippen LogP contribution >= 0.6 is 0 Å². The van der Waals surface area contributed by atoms with Crippen LogP contribution in [0, 0.1) is 46.3 Å². The second kappa shape index (κ2) is 9.19. The van der Waals surface area contributed by atoms with Gasteiger partial charge in [0.25, 0.3) is 0 Å². The van der Waals surface area contributed by atoms with Crippen molar-refractivity contribution < 1.29 is 9.53 Å². The molecular weight excluding hydrogens is 404 g/mol. The Hall–Kier alpha value is -1.05. The van der Waals surface area contributed by atoms with Crippen LogP contribution < -0.4 is 0 Å². The first kappa shape index (κ1) is 25.1. The fourth-order valence-corrected chi connectivity index (χ4v) is 9.15. The van der Waals surface area contributed by atoms with Gasteiger partial charge in [-0.25, -0.2) is 0 Å². The highest BCUT2D eigenvalue weighted by molar-refractivity contribution is 5.66. The van der Waals surface area contributed by atoms with E-state index in [1.807, 2.05) is 11.1 Å². The van der Waals surface area contributed by atoms with Gasteiger partial charge in [0, 0.05) is 6.92 Å². The molecule has 4 aliphatic rings. The highest BCUT2D eigenvalue weighted by atomic mass is 16.5. The molecule has 4 aliphatic carbocycles. The largest absolute Gasteiger partial charge is 0.462 e. The minimum Gasteiger partial charge on any atom is -0.462 e. The molecule has 33 heavy (non-hydrogen) atoms. The maximum atomic E-state index is 11.7. The van der Waals surface area contributed by atoms with Gasteiger partial charge in [-0.3, -0.25) is 4.79 Å². The van der Waals surface area contributed by atoms with Gasteiger partial charge in [-0.15, -0.1) is 0 Å². The maximum Gasteiger partial charge on any atom is 0.302 e. The minimum absolute atomic E-state index is 0.109. The smallest absolute Gasteiger partial charge is 0.302 e. The van der Waals surface area contributed by atoms with E-state index in [4.69, 9.17) is 4.74 Å². The predicted octanol–water partition coefficient (Wildman–Crippen LogP) is 8.52. The van der Waals surface area contributed by atoms with E-state index in [0.717, 1.165) is 24.2 Å². The normalized spacial score (nSPS) is 41.3. The van der Waals surface area contributed by atoms with Crippen LogP contribution in [0.15, 0.2) is 23.3 Å². The lowest BCUT2D eigenvalue weighted by atomic mass is 9.49. The van der Waals surface area contributed by atoms with Gasteiger partial charge in [0.05, 0.1) is 0 Å². The first-order valence-corrected chi connectivity index (χ1v) is 14.1. The predicted molar refractivity (Wildman–Crippen MR) is 138 cm³/mol. The lowest BCUT2D eigenvalue weighted by Crippen LogP contribution is -2.49. The molecular formula is C31H50O2. The number of carbonyl (C=O) groups excluding carboxylic acids is 1. The Labute approximate surface area is 204 Å². The summed E-state index contributed by atoms with van der Waals surface area (Å²) >= 11 is 0. The standard InChI is InChI=1S/C31H50O2/c1-19(2)20(3)9-10-21(4)25-13-14-27-24-11-12-26-22(5)29(33-23(6)32)16-18-31(26,8)28(24)15-17-30(25,27)7/h19,21-22,25-27,29H,3,9-18H2,1-2,4-8H3. The molecule has 0 aromatic carbocycles. The Balaban J connectivity index is 1.52. The summed E-state index contributed by atoms with van der Waals surface area (Å²) in [5, 5.41) is 0. The molecule has 0 bridgehead atoms. The molecule has 2 fully saturated rings. The number of allylic oxidation sites excluding steroid dienone is 3. The van der Waals surface area contributed by atoms with Crippen molar-refractivity contribution in [1.29, 1.82) is 0 Å². The zero-order valence-corrected chi connectivity index (χ0v) is 22.6. The number of carbonyl (C=O) groups is 1. The molecule has 8 atom stereocenters. The Morgan fingerprint density at radius 3 is 2.48 bits per heavy atom. The topological polar surface area (TPSA) is 26.3 Å². The van der Waals surface area contributed by atoms with Crippen LogP contribution in [0.3, 0.4) is 0 Å². The van der Waals surface area contributed by atoms with Crippen LogP contribution in [-0.4, -0.2) is 12.1 Å². The van der Waals surface area contributed by atoms with Crippen LogP contribution in [0.2, 0.25) is 0 Å². The van der Waals surface area contributed by atoms with E-state index < -0.39 is 0 Å². The van der Waals surface area contributed by atoms with E-state index in [0.29, 0.717) is 28.6 Å². The van der Waals surface area contributed by atoms with Crippen molar-refractivity contribution in [2.24, 2.45) is 46.3 Å². The van der Waals surface area contributed by atoms with Crippen LogP contribution in [0.5, 0.6) is 0 Å². The summed E-state index contributed by atoms with van der Waals surface area (Å²) in [4.78, 5) is 11.7. The molecule has 0 aromatic rings. The average Bonchev–Trinajstić information content (AvgIpc) is 3.11. The third-order valence-electron chi connectivity index (χ3n) is 11.3. The average molecular weight is 455 g/mol. The molecule has 2 saturated carbocycles. The van der Waals surface area contributed by atoms with Crippen molar-refractivity contribution in [3.05, 3.63) is 23.3 Å². The molecule has 2 heteroatoms. The molecule has 0 N–H and O–H groups in total. The monoisotopic (exact) mass is 454 g/mol. The molecule has 0 spiro atoms. The number of esters is 1. The second-order valence-corrected chi connectivity index (χ2v) is 13.2. The first-order valence-electron chi connectivity index (χ1n) is 14.1. The number of hydrogen-bond acceptors (Lipinski definition) is 2. The number of fused-ring (bicyclic) bond motifs is 4. The van der Waals surface area contributed by atoms with Gasteiger partial charge >= 0.3 is 5.97 Å². The van der Waals surface area contributed by atoms with Gasteiger partial charge in [-0.1, -0.05) is 64.8 Å². The fraction of sp³-hybridized carbons (Fsp3) is 0.839. The highest BCUT2D eigenvalue weighted by Crippen LogP contribution is 2.66. The van der Waals surface area contributed by atoms with Crippen molar-refractivity contribution in [1.82, 2.24) is 0 Å². The van der Waals surface area contributed by atoms with Gasteiger partial charge in [0.2, 0.25) is 0 Å². The number of ether oxygens (including phenoxy) is 1. The second-order valence-electron chi connectivity index (χ2n) is 13.2. The molecule has 0 amide bonds. The molecule has 0 aliphatic heterocycles. The third-order valence-corrected chi connectivity index (χ3v) is 11.3. The van der Waals surface area contributed by atoms with Crippen LogP contribution in [0.1, 0.15) is 113 Å². The first-order chi connectivity index (χ1) is 15.5. The fourth-order valence-electron chi connectivity index (χ4n) is 9.15. The van der Waals surface area contributed by atoms with Gasteiger partial charge in [0.1, 0.15) is 6.10 Å². The maximum absolute atomic E-state index is 11.7. The lowest BCUT2D eigenvalue weighted by Gasteiger charge is -2.57. The quantitative estimate of drug-likeness (QED) is 0.297. The van der Waals surface area contributed by atoms with Gasteiger partial charge in [0.15, 0.2) is 0 Å². The van der Waals surface area contributed by atoms with Crippen molar-refractivity contribution in [3.63, 3.8) is 0 Å². The Kier molecular flexibility index (Phi) is 6.98. The zero-order valence-electron chi connectivity index (χ0n) is 22.6. The van der Waals surface area contributed by atoms with E-state index in [2.05, 4.69) is 48.1 Å². The number of rotatable bonds is 6. The summed E-state index contributed by atoms with van der Waals surface area (Å²) in [7, 11) is 0. The van der Waals surface area contributed by atoms with Crippen LogP contribution in [-0.2, 0) is 9.53 Å². The van der Waals surface area contributed by atoms with Crippen molar-refractivity contribution >= 4 is 5.97 Å². The van der Waals surface area contributed by atoms with E-state index in [-0.39, 0.29) is 12.1 Å². The Morgan fingerprint density at radius 2 is 1.82 bits per heavy atom. The third kappa shape index (κ3) is 4.27. The summed E-state index contributed by atoms with van der Waals surface area (Å²) in [5.74, 6) is 4.10. The summed E-state index contributed by atoms with van der Waals surface area (Å²) in [6, 6.07) is 0. The molecule has 0 aromatic heterocycles. The molecule has 2 nitrogen and oxygen atoms in total. The highest BCUT2D eigenvalue weighted by Gasteiger charge is 2.57. The van der Waals surface area contributed by atoms with E-state index >= 15 is 0 Å². The van der Waals surface area contributed by atoms with Crippen molar-refractivity contribution in [2.75, 3.05) is 0 Å². The van der Waals surface area contributed by atoms with Gasteiger partial charge in [-0.2, -0.15) is 0 Å². The van der Waals surface area contributed by atoms with Crippen molar-refractivity contribution in [2.45, 2.75) is 119 Å². The summed E-state index contributed by atoms with van der Waals surface area (Å²) in [5.41, 5.74) is 5.96. The van der Waals surface area contributed by atoms with E-state index in [9.17, 15) is 4.79 Å². The van der Waals surface area contributed by atoms with Gasteiger partial charge < -0.3 is 4.74 Å². The summed E-state index contributed by atoms with van der Waals surface area (Å²) < 4.78 is 5.75. The van der Waals surface area contributed by atoms with Crippen LogP contribution in [0.25, 0.3) is 0 Å². The van der Waals surface area contributed by atoms with Gasteiger partial charge in [-0.05, 0) is 111 Å². The summed E-state index contributed by atoms with van der Waals surface area (Å²) in [6.07, 6.45) is 12.9. The molecule has 0 heterocycles. The van der Waals surface area contributed by atoms with E-state index in [1.54, 1.807) is 6.92 Å². The van der Waals surface area contributed by atoms with E-state index in [1.165, 1.54) is 63.4 Å². The molecule has 0 saturated heterocycles. The molecule has 0 radical (unpaired) electrons.